The Kier molecular flexibility index (Phi) is 6.15. The number of thioether (sulfide) groups is 1. The topological polar surface area (TPSA) is 26.3 Å². The molecule has 110 valence electrons. The number of halogens is 1. The molecule has 0 atom stereocenters. The molecule has 0 heterocycles. The summed E-state index contributed by atoms with van der Waals surface area (Å²) in [5.41, 5.74) is 0.555. The van der Waals surface area contributed by atoms with Crippen molar-refractivity contribution in [2.75, 3.05) is 12.4 Å². The van der Waals surface area contributed by atoms with Gasteiger partial charge in [0.1, 0.15) is 5.75 Å². The summed E-state index contributed by atoms with van der Waals surface area (Å²) in [6.07, 6.45) is 0.898. The lowest BCUT2D eigenvalue weighted by Gasteiger charge is -2.10. The molecule has 0 amide bonds. The van der Waals surface area contributed by atoms with Gasteiger partial charge in [0.05, 0.1) is 17.9 Å². The monoisotopic (exact) mass is 320 g/mol. The highest BCUT2D eigenvalue weighted by molar-refractivity contribution is 8.00. The fourth-order valence-corrected chi connectivity index (χ4v) is 2.78. The van der Waals surface area contributed by atoms with E-state index in [0.29, 0.717) is 28.7 Å². The van der Waals surface area contributed by atoms with Crippen LogP contribution in [0.5, 0.6) is 5.75 Å². The van der Waals surface area contributed by atoms with Crippen molar-refractivity contribution in [3.63, 3.8) is 0 Å². The van der Waals surface area contributed by atoms with Crippen molar-refractivity contribution in [1.29, 1.82) is 0 Å². The highest BCUT2D eigenvalue weighted by Crippen LogP contribution is 2.26. The molecule has 0 aromatic heterocycles. The van der Waals surface area contributed by atoms with Crippen molar-refractivity contribution >= 4 is 29.1 Å². The van der Waals surface area contributed by atoms with E-state index in [9.17, 15) is 4.79 Å². The van der Waals surface area contributed by atoms with Crippen molar-refractivity contribution in [1.82, 2.24) is 0 Å². The maximum atomic E-state index is 12.4. The predicted octanol–water partition coefficient (Wildman–Crippen LogP) is 5.10. The summed E-state index contributed by atoms with van der Waals surface area (Å²) in [4.78, 5) is 13.5. The van der Waals surface area contributed by atoms with E-state index in [1.54, 1.807) is 18.2 Å². The van der Waals surface area contributed by atoms with Gasteiger partial charge in [0.25, 0.3) is 0 Å². The molecule has 2 aromatic carbocycles. The number of benzene rings is 2. The van der Waals surface area contributed by atoms with Gasteiger partial charge in [-0.2, -0.15) is 0 Å². The second-order valence-electron chi connectivity index (χ2n) is 4.51. The van der Waals surface area contributed by atoms with Gasteiger partial charge in [-0.1, -0.05) is 36.7 Å². The van der Waals surface area contributed by atoms with Crippen LogP contribution in [-0.4, -0.2) is 18.1 Å². The Balaban J connectivity index is 2.08. The summed E-state index contributed by atoms with van der Waals surface area (Å²) in [7, 11) is 0. The van der Waals surface area contributed by atoms with Crippen LogP contribution in [0.4, 0.5) is 0 Å². The number of ether oxygens (including phenoxy) is 1. The fraction of sp³-hybridized carbons (Fsp3) is 0.235. The van der Waals surface area contributed by atoms with Gasteiger partial charge in [-0.25, -0.2) is 0 Å². The Morgan fingerprint density at radius 3 is 2.67 bits per heavy atom. The first kappa shape index (κ1) is 15.9. The van der Waals surface area contributed by atoms with Crippen LogP contribution in [0.15, 0.2) is 53.4 Å². The molecule has 21 heavy (non-hydrogen) atoms. The van der Waals surface area contributed by atoms with Crippen molar-refractivity contribution in [3.05, 3.63) is 59.1 Å². The zero-order valence-electron chi connectivity index (χ0n) is 11.8. The maximum Gasteiger partial charge on any atom is 0.176 e. The minimum atomic E-state index is 0.0254. The molecule has 0 aliphatic carbocycles. The molecule has 4 heteroatoms. The largest absolute Gasteiger partial charge is 0.493 e. The van der Waals surface area contributed by atoms with Crippen LogP contribution in [0, 0.1) is 0 Å². The molecule has 0 saturated heterocycles. The summed E-state index contributed by atoms with van der Waals surface area (Å²) < 4.78 is 5.63. The van der Waals surface area contributed by atoms with Gasteiger partial charge in [-0.3, -0.25) is 4.79 Å². The molecule has 0 N–H and O–H groups in total. The molecule has 0 aliphatic rings. The number of hydrogen-bond acceptors (Lipinski definition) is 3. The third-order valence-electron chi connectivity index (χ3n) is 2.82. The lowest BCUT2D eigenvalue weighted by atomic mass is 10.1. The first-order valence-electron chi connectivity index (χ1n) is 6.84. The van der Waals surface area contributed by atoms with Crippen LogP contribution in [0.1, 0.15) is 23.7 Å². The zero-order chi connectivity index (χ0) is 15.1. The molecule has 2 nitrogen and oxygen atoms in total. The average Bonchev–Trinajstić information content (AvgIpc) is 2.52. The minimum absolute atomic E-state index is 0.0254. The third kappa shape index (κ3) is 4.80. The number of rotatable bonds is 7. The first-order chi connectivity index (χ1) is 10.2. The van der Waals surface area contributed by atoms with E-state index < -0.39 is 0 Å². The molecule has 0 bridgehead atoms. The van der Waals surface area contributed by atoms with E-state index in [2.05, 4.69) is 0 Å². The number of Topliss-reactive ketones (excluding diaryl/α,β-unsaturated/α-hetero) is 1. The Labute approximate surface area is 134 Å². The highest BCUT2D eigenvalue weighted by Gasteiger charge is 2.13. The fourth-order valence-electron chi connectivity index (χ4n) is 1.80. The number of carbonyl (C=O) groups excluding carboxylic acids is 1. The quantitative estimate of drug-likeness (QED) is 0.524. The highest BCUT2D eigenvalue weighted by atomic mass is 35.5. The van der Waals surface area contributed by atoms with E-state index in [4.69, 9.17) is 16.3 Å². The second kappa shape index (κ2) is 8.11. The first-order valence-corrected chi connectivity index (χ1v) is 8.20. The van der Waals surface area contributed by atoms with Crippen LogP contribution in [0.3, 0.4) is 0 Å². The number of carbonyl (C=O) groups is 1. The Bertz CT molecular complexity index is 599. The van der Waals surface area contributed by atoms with Crippen LogP contribution >= 0.6 is 23.4 Å². The summed E-state index contributed by atoms with van der Waals surface area (Å²) in [6.45, 7) is 2.62. The van der Waals surface area contributed by atoms with Gasteiger partial charge in [0.2, 0.25) is 0 Å². The molecular weight excluding hydrogens is 304 g/mol. The van der Waals surface area contributed by atoms with Crippen LogP contribution in [0.25, 0.3) is 0 Å². The number of hydrogen-bond donors (Lipinski definition) is 0. The normalized spacial score (nSPS) is 10.4. The van der Waals surface area contributed by atoms with Crippen LogP contribution < -0.4 is 4.74 Å². The maximum absolute atomic E-state index is 12.4. The summed E-state index contributed by atoms with van der Waals surface area (Å²) in [5, 5.41) is 0.548. The van der Waals surface area contributed by atoms with Crippen LogP contribution in [0.2, 0.25) is 5.02 Å². The van der Waals surface area contributed by atoms with Crippen molar-refractivity contribution in [2.45, 2.75) is 18.2 Å². The van der Waals surface area contributed by atoms with E-state index in [1.807, 2.05) is 37.3 Å². The standard InChI is InChI=1S/C17H17ClO2S/c1-2-10-20-17-9-8-13(18)11-15(17)16(19)12-21-14-6-4-3-5-7-14/h3-9,11H,2,10,12H2,1H3. The Hall–Kier alpha value is -1.45. The third-order valence-corrected chi connectivity index (χ3v) is 4.06. The SMILES string of the molecule is CCCOc1ccc(Cl)cc1C(=O)CSc1ccccc1. The lowest BCUT2D eigenvalue weighted by molar-refractivity contribution is 0.101. The summed E-state index contributed by atoms with van der Waals surface area (Å²) >= 11 is 7.51. The summed E-state index contributed by atoms with van der Waals surface area (Å²) in [5.74, 6) is 1.00. The second-order valence-corrected chi connectivity index (χ2v) is 6.00. The van der Waals surface area contributed by atoms with Gasteiger partial charge in [-0.15, -0.1) is 11.8 Å². The van der Waals surface area contributed by atoms with Gasteiger partial charge in [0.15, 0.2) is 5.78 Å². The molecule has 0 saturated carbocycles. The van der Waals surface area contributed by atoms with E-state index in [0.717, 1.165) is 11.3 Å². The van der Waals surface area contributed by atoms with Gasteiger partial charge in [0, 0.05) is 9.92 Å². The predicted molar refractivity (Wildman–Crippen MR) is 88.7 cm³/mol. The number of ketones is 1. The molecule has 0 unspecified atom stereocenters. The Morgan fingerprint density at radius 1 is 1.19 bits per heavy atom. The minimum Gasteiger partial charge on any atom is -0.493 e. The average molecular weight is 321 g/mol. The van der Waals surface area contributed by atoms with Crippen molar-refractivity contribution in [3.8, 4) is 5.75 Å². The Morgan fingerprint density at radius 2 is 1.95 bits per heavy atom. The molecule has 0 fully saturated rings. The van der Waals surface area contributed by atoms with Crippen molar-refractivity contribution in [2.24, 2.45) is 0 Å². The summed E-state index contributed by atoms with van der Waals surface area (Å²) in [6, 6.07) is 15.0. The molecule has 2 rings (SSSR count). The van der Waals surface area contributed by atoms with E-state index in [-0.39, 0.29) is 5.78 Å². The molecular formula is C17H17ClO2S. The van der Waals surface area contributed by atoms with Gasteiger partial charge < -0.3 is 4.74 Å². The molecule has 0 radical (unpaired) electrons. The van der Waals surface area contributed by atoms with Crippen molar-refractivity contribution < 1.29 is 9.53 Å². The molecule has 2 aromatic rings. The van der Waals surface area contributed by atoms with E-state index in [1.165, 1.54) is 11.8 Å². The zero-order valence-corrected chi connectivity index (χ0v) is 13.4. The lowest BCUT2D eigenvalue weighted by Crippen LogP contribution is -2.07. The molecule has 0 spiro atoms. The van der Waals surface area contributed by atoms with E-state index >= 15 is 0 Å². The van der Waals surface area contributed by atoms with Gasteiger partial charge in [-0.05, 0) is 36.8 Å². The van der Waals surface area contributed by atoms with Crippen LogP contribution in [-0.2, 0) is 0 Å². The van der Waals surface area contributed by atoms with Gasteiger partial charge >= 0.3 is 0 Å². The smallest absolute Gasteiger partial charge is 0.176 e. The molecule has 0 aliphatic heterocycles.